The van der Waals surface area contributed by atoms with Crippen LogP contribution in [0.1, 0.15) is 31.4 Å². The maximum atomic E-state index is 9.83. The third-order valence-electron chi connectivity index (χ3n) is 3.69. The first-order valence-corrected chi connectivity index (χ1v) is 6.64. The van der Waals surface area contributed by atoms with Gasteiger partial charge in [-0.25, -0.2) is 4.98 Å². The lowest BCUT2D eigenvalue weighted by molar-refractivity contribution is 0.198. The van der Waals surface area contributed by atoms with Crippen LogP contribution in [0.5, 0.6) is 0 Å². The Morgan fingerprint density at radius 2 is 2.28 bits per heavy atom. The number of nitrogens with zero attached hydrogens (tertiary/aromatic N) is 3. The Hall–Kier alpha value is -1.13. The fourth-order valence-corrected chi connectivity index (χ4v) is 2.57. The molecule has 4 nitrogen and oxygen atoms in total. The van der Waals surface area contributed by atoms with Gasteiger partial charge in [0.2, 0.25) is 0 Å². The predicted octanol–water partition coefficient (Wildman–Crippen LogP) is 1.67. The Kier molecular flexibility index (Phi) is 4.19. The van der Waals surface area contributed by atoms with Crippen LogP contribution in [0.2, 0.25) is 0 Å². The van der Waals surface area contributed by atoms with Crippen LogP contribution in [0.15, 0.2) is 18.3 Å². The monoisotopic (exact) mass is 249 g/mol. The molecule has 0 radical (unpaired) electrons. The Balaban J connectivity index is 2.20. The zero-order chi connectivity index (χ0) is 13.1. The van der Waals surface area contributed by atoms with Gasteiger partial charge in [0.1, 0.15) is 5.82 Å². The molecule has 0 amide bonds. The zero-order valence-corrected chi connectivity index (χ0v) is 11.5. The van der Waals surface area contributed by atoms with E-state index in [2.05, 4.69) is 28.9 Å². The van der Waals surface area contributed by atoms with Gasteiger partial charge in [0.25, 0.3) is 0 Å². The maximum absolute atomic E-state index is 9.83. The highest BCUT2D eigenvalue weighted by Crippen LogP contribution is 2.26. The van der Waals surface area contributed by atoms with Gasteiger partial charge < -0.3 is 14.9 Å². The normalized spacial score (nSPS) is 22.3. The van der Waals surface area contributed by atoms with E-state index in [1.165, 1.54) is 12.8 Å². The standard InChI is InChI=1S/C14H23N3O/c1-11(18)13-7-4-8-15-14(13)17-9-5-6-12(10-17)16(2)3/h4,7-8,11-12,18H,5-6,9-10H2,1-3H3/t11-,12?/m1/s1. The van der Waals surface area contributed by atoms with Crippen LogP contribution < -0.4 is 4.90 Å². The zero-order valence-electron chi connectivity index (χ0n) is 11.5. The van der Waals surface area contributed by atoms with Crippen LogP contribution in [-0.2, 0) is 0 Å². The predicted molar refractivity (Wildman–Crippen MR) is 73.8 cm³/mol. The van der Waals surface area contributed by atoms with E-state index in [0.29, 0.717) is 6.04 Å². The molecule has 2 rings (SSSR count). The lowest BCUT2D eigenvalue weighted by atomic mass is 10.0. The van der Waals surface area contributed by atoms with Gasteiger partial charge in [-0.3, -0.25) is 0 Å². The van der Waals surface area contributed by atoms with Crippen LogP contribution in [-0.4, -0.2) is 48.2 Å². The van der Waals surface area contributed by atoms with Crippen molar-refractivity contribution < 1.29 is 5.11 Å². The Morgan fingerprint density at radius 3 is 2.94 bits per heavy atom. The summed E-state index contributed by atoms with van der Waals surface area (Å²) in [5.74, 6) is 0.944. The fourth-order valence-electron chi connectivity index (χ4n) is 2.57. The van der Waals surface area contributed by atoms with Crippen molar-refractivity contribution in [3.8, 4) is 0 Å². The molecule has 1 N–H and O–H groups in total. The van der Waals surface area contributed by atoms with Crippen LogP contribution in [0.4, 0.5) is 5.82 Å². The van der Waals surface area contributed by atoms with Gasteiger partial charge in [-0.15, -0.1) is 0 Å². The summed E-state index contributed by atoms with van der Waals surface area (Å²) < 4.78 is 0. The van der Waals surface area contributed by atoms with Crippen molar-refractivity contribution in [1.29, 1.82) is 0 Å². The van der Waals surface area contributed by atoms with E-state index < -0.39 is 6.10 Å². The minimum atomic E-state index is -0.464. The molecule has 1 aliphatic heterocycles. The highest BCUT2D eigenvalue weighted by Gasteiger charge is 2.24. The van der Waals surface area contributed by atoms with Gasteiger partial charge in [-0.05, 0) is 39.9 Å². The largest absolute Gasteiger partial charge is 0.389 e. The quantitative estimate of drug-likeness (QED) is 0.884. The van der Waals surface area contributed by atoms with Gasteiger partial charge in [-0.1, -0.05) is 6.07 Å². The van der Waals surface area contributed by atoms with Crippen LogP contribution in [0, 0.1) is 0 Å². The Morgan fingerprint density at radius 1 is 1.50 bits per heavy atom. The molecule has 1 aromatic heterocycles. The number of likely N-dealkylation sites (N-methyl/N-ethyl adjacent to an activating group) is 1. The summed E-state index contributed by atoms with van der Waals surface area (Å²) in [5, 5.41) is 9.83. The summed E-state index contributed by atoms with van der Waals surface area (Å²) in [5.41, 5.74) is 0.928. The summed E-state index contributed by atoms with van der Waals surface area (Å²) in [6.45, 7) is 3.82. The second-order valence-corrected chi connectivity index (χ2v) is 5.30. The smallest absolute Gasteiger partial charge is 0.134 e. The van der Waals surface area contributed by atoms with E-state index in [4.69, 9.17) is 0 Å². The molecule has 2 heterocycles. The number of hydrogen-bond acceptors (Lipinski definition) is 4. The summed E-state index contributed by atoms with van der Waals surface area (Å²) in [6.07, 6.45) is 3.76. The lowest BCUT2D eigenvalue weighted by Crippen LogP contribution is -2.45. The molecule has 0 aromatic carbocycles. The molecule has 2 atom stereocenters. The molecule has 1 saturated heterocycles. The van der Waals surface area contributed by atoms with Crippen LogP contribution in [0.3, 0.4) is 0 Å². The Bertz CT molecular complexity index is 392. The van der Waals surface area contributed by atoms with E-state index in [1.54, 1.807) is 13.1 Å². The van der Waals surface area contributed by atoms with Gasteiger partial charge in [0.05, 0.1) is 6.10 Å². The SMILES string of the molecule is C[C@@H](O)c1cccnc1N1CCCC(N(C)C)C1. The summed E-state index contributed by atoms with van der Waals surface area (Å²) in [6, 6.07) is 4.42. The minimum absolute atomic E-state index is 0.464. The highest BCUT2D eigenvalue weighted by atomic mass is 16.3. The molecule has 0 bridgehead atoms. The van der Waals surface area contributed by atoms with E-state index >= 15 is 0 Å². The molecule has 1 aromatic rings. The van der Waals surface area contributed by atoms with E-state index in [-0.39, 0.29) is 0 Å². The number of rotatable bonds is 3. The number of aliphatic hydroxyl groups excluding tert-OH is 1. The highest BCUT2D eigenvalue weighted by molar-refractivity contribution is 5.48. The number of hydrogen-bond donors (Lipinski definition) is 1. The first kappa shape index (κ1) is 13.3. The van der Waals surface area contributed by atoms with E-state index in [0.717, 1.165) is 24.5 Å². The van der Waals surface area contributed by atoms with Crippen molar-refractivity contribution >= 4 is 5.82 Å². The minimum Gasteiger partial charge on any atom is -0.389 e. The number of aliphatic hydroxyl groups is 1. The molecule has 0 saturated carbocycles. The topological polar surface area (TPSA) is 39.6 Å². The molecule has 1 fully saturated rings. The van der Waals surface area contributed by atoms with Crippen molar-refractivity contribution in [2.45, 2.75) is 31.9 Å². The Labute approximate surface area is 109 Å². The molecule has 100 valence electrons. The average molecular weight is 249 g/mol. The second-order valence-electron chi connectivity index (χ2n) is 5.30. The number of piperidine rings is 1. The van der Waals surface area contributed by atoms with Gasteiger partial charge >= 0.3 is 0 Å². The van der Waals surface area contributed by atoms with Crippen LogP contribution >= 0.6 is 0 Å². The summed E-state index contributed by atoms with van der Waals surface area (Å²) >= 11 is 0. The van der Waals surface area contributed by atoms with Crippen LogP contribution in [0.25, 0.3) is 0 Å². The summed E-state index contributed by atoms with van der Waals surface area (Å²) in [7, 11) is 4.25. The van der Waals surface area contributed by atoms with E-state index in [9.17, 15) is 5.11 Å². The second kappa shape index (κ2) is 5.67. The molecule has 4 heteroatoms. The molecular formula is C14H23N3O. The number of anilines is 1. The number of pyridine rings is 1. The molecular weight excluding hydrogens is 226 g/mol. The van der Waals surface area contributed by atoms with Crippen molar-refractivity contribution in [3.05, 3.63) is 23.9 Å². The summed E-state index contributed by atoms with van der Waals surface area (Å²) in [4.78, 5) is 9.04. The lowest BCUT2D eigenvalue weighted by Gasteiger charge is -2.37. The van der Waals surface area contributed by atoms with E-state index in [1.807, 2.05) is 12.1 Å². The number of aromatic nitrogens is 1. The molecule has 1 unspecified atom stereocenters. The molecule has 1 aliphatic rings. The first-order chi connectivity index (χ1) is 8.59. The molecule has 0 spiro atoms. The average Bonchev–Trinajstić information content (AvgIpc) is 2.39. The first-order valence-electron chi connectivity index (χ1n) is 6.64. The molecule has 18 heavy (non-hydrogen) atoms. The van der Waals surface area contributed by atoms with Crippen molar-refractivity contribution in [3.63, 3.8) is 0 Å². The van der Waals surface area contributed by atoms with Crippen molar-refractivity contribution in [2.24, 2.45) is 0 Å². The third-order valence-corrected chi connectivity index (χ3v) is 3.69. The third kappa shape index (κ3) is 2.82. The molecule has 0 aliphatic carbocycles. The maximum Gasteiger partial charge on any atom is 0.134 e. The fraction of sp³-hybridized carbons (Fsp3) is 0.643. The van der Waals surface area contributed by atoms with Crippen molar-refractivity contribution in [2.75, 3.05) is 32.1 Å². The van der Waals surface area contributed by atoms with Gasteiger partial charge in [0.15, 0.2) is 0 Å². The van der Waals surface area contributed by atoms with Gasteiger partial charge in [-0.2, -0.15) is 0 Å². The van der Waals surface area contributed by atoms with Gasteiger partial charge in [0, 0.05) is 30.9 Å². The van der Waals surface area contributed by atoms with Crippen molar-refractivity contribution in [1.82, 2.24) is 9.88 Å².